The fraction of sp³-hybridized carbons (Fsp3) is 0.545. The van der Waals surface area contributed by atoms with Crippen molar-refractivity contribution in [1.82, 2.24) is 25.3 Å². The molecule has 0 bridgehead atoms. The summed E-state index contributed by atoms with van der Waals surface area (Å²) in [7, 11) is 6.96. The molecule has 1 aromatic rings. The highest BCUT2D eigenvalue weighted by molar-refractivity contribution is 14.0. The Balaban J connectivity index is 0.00000324. The van der Waals surface area contributed by atoms with Gasteiger partial charge in [0, 0.05) is 34.4 Å². The number of carbonyl (C=O) groups is 1. The predicted octanol–water partition coefficient (Wildman–Crippen LogP) is -0.209. The van der Waals surface area contributed by atoms with E-state index in [1.165, 1.54) is 4.90 Å². The molecule has 108 valence electrons. The quantitative estimate of drug-likeness (QED) is 0.431. The number of hydrogen-bond donors (Lipinski definition) is 2. The normalized spacial score (nSPS) is 10.6. The van der Waals surface area contributed by atoms with Crippen molar-refractivity contribution in [3.63, 3.8) is 0 Å². The lowest BCUT2D eigenvalue weighted by atomic mass is 10.4. The molecule has 1 amide bonds. The van der Waals surface area contributed by atoms with Crippen molar-refractivity contribution in [3.8, 4) is 0 Å². The molecule has 1 aromatic heterocycles. The van der Waals surface area contributed by atoms with Crippen LogP contribution in [0.15, 0.2) is 17.3 Å². The van der Waals surface area contributed by atoms with Gasteiger partial charge in [0.1, 0.15) is 0 Å². The molecule has 0 aromatic carbocycles. The number of rotatable bonds is 4. The van der Waals surface area contributed by atoms with Crippen LogP contribution in [0, 0.1) is 0 Å². The van der Waals surface area contributed by atoms with Crippen LogP contribution >= 0.6 is 24.0 Å². The molecular formula is C11H21IN6O. The SMILES string of the molecule is CN=C(NCC(=O)N(C)C)NCc1ccn(C)n1.I. The first-order valence-electron chi connectivity index (χ1n) is 5.66. The Morgan fingerprint density at radius 3 is 2.63 bits per heavy atom. The van der Waals surface area contributed by atoms with Crippen molar-refractivity contribution >= 4 is 35.8 Å². The number of halogens is 1. The average molecular weight is 380 g/mol. The Hall–Kier alpha value is -1.32. The summed E-state index contributed by atoms with van der Waals surface area (Å²) in [6.07, 6.45) is 1.88. The van der Waals surface area contributed by atoms with Crippen LogP contribution in [0.2, 0.25) is 0 Å². The Morgan fingerprint density at radius 2 is 2.16 bits per heavy atom. The smallest absolute Gasteiger partial charge is 0.241 e. The number of guanidine groups is 1. The van der Waals surface area contributed by atoms with Gasteiger partial charge in [0.2, 0.25) is 5.91 Å². The topological polar surface area (TPSA) is 74.6 Å². The van der Waals surface area contributed by atoms with E-state index in [1.54, 1.807) is 25.8 Å². The molecule has 2 N–H and O–H groups in total. The van der Waals surface area contributed by atoms with Gasteiger partial charge in [-0.05, 0) is 6.07 Å². The predicted molar refractivity (Wildman–Crippen MR) is 85.5 cm³/mol. The molecule has 0 fully saturated rings. The first kappa shape index (κ1) is 17.7. The standard InChI is InChI=1S/C11H20N6O.HI/c1-12-11(14-8-10(18)16(2)3)13-7-9-5-6-17(4)15-9;/h5-6H,7-8H2,1-4H3,(H2,12,13,14);1H. The van der Waals surface area contributed by atoms with Gasteiger partial charge in [-0.3, -0.25) is 14.5 Å². The molecule has 0 unspecified atom stereocenters. The lowest BCUT2D eigenvalue weighted by molar-refractivity contribution is -0.127. The minimum absolute atomic E-state index is 0. The maximum Gasteiger partial charge on any atom is 0.241 e. The molecule has 0 aliphatic carbocycles. The van der Waals surface area contributed by atoms with E-state index in [0.717, 1.165) is 5.69 Å². The van der Waals surface area contributed by atoms with Gasteiger partial charge in [0.05, 0.1) is 18.8 Å². The highest BCUT2D eigenvalue weighted by Crippen LogP contribution is 1.92. The van der Waals surface area contributed by atoms with Crippen LogP contribution in [-0.4, -0.2) is 54.2 Å². The van der Waals surface area contributed by atoms with Crippen LogP contribution in [0.25, 0.3) is 0 Å². The van der Waals surface area contributed by atoms with Gasteiger partial charge in [-0.2, -0.15) is 5.10 Å². The minimum Gasteiger partial charge on any atom is -0.351 e. The van der Waals surface area contributed by atoms with Crippen molar-refractivity contribution in [2.45, 2.75) is 6.54 Å². The number of aryl methyl sites for hydroxylation is 1. The van der Waals surface area contributed by atoms with Crippen LogP contribution in [-0.2, 0) is 18.4 Å². The van der Waals surface area contributed by atoms with E-state index in [9.17, 15) is 4.79 Å². The third-order valence-electron chi connectivity index (χ3n) is 2.34. The van der Waals surface area contributed by atoms with Crippen molar-refractivity contribution in [3.05, 3.63) is 18.0 Å². The Bertz CT molecular complexity index is 429. The molecule has 8 heteroatoms. The monoisotopic (exact) mass is 380 g/mol. The highest BCUT2D eigenvalue weighted by atomic mass is 127. The summed E-state index contributed by atoms with van der Waals surface area (Å²) in [4.78, 5) is 17.0. The molecule has 0 saturated carbocycles. The maximum atomic E-state index is 11.4. The summed E-state index contributed by atoms with van der Waals surface area (Å²) in [6, 6.07) is 1.92. The third kappa shape index (κ3) is 6.41. The van der Waals surface area contributed by atoms with E-state index in [-0.39, 0.29) is 36.4 Å². The number of amides is 1. The highest BCUT2D eigenvalue weighted by Gasteiger charge is 2.05. The van der Waals surface area contributed by atoms with Crippen molar-refractivity contribution in [1.29, 1.82) is 0 Å². The van der Waals surface area contributed by atoms with Gasteiger partial charge in [-0.15, -0.1) is 24.0 Å². The van der Waals surface area contributed by atoms with E-state index >= 15 is 0 Å². The molecule has 0 spiro atoms. The van der Waals surface area contributed by atoms with Crippen LogP contribution in [0.4, 0.5) is 0 Å². The second-order valence-corrected chi connectivity index (χ2v) is 4.05. The molecule has 0 saturated heterocycles. The van der Waals surface area contributed by atoms with Crippen molar-refractivity contribution < 1.29 is 4.79 Å². The van der Waals surface area contributed by atoms with Crippen molar-refractivity contribution in [2.24, 2.45) is 12.0 Å². The fourth-order valence-corrected chi connectivity index (χ4v) is 1.27. The summed E-state index contributed by atoms with van der Waals surface area (Å²) in [5.41, 5.74) is 0.916. The molecule has 0 atom stereocenters. The number of nitrogens with zero attached hydrogens (tertiary/aromatic N) is 4. The lowest BCUT2D eigenvalue weighted by Gasteiger charge is -2.13. The molecule has 7 nitrogen and oxygen atoms in total. The van der Waals surface area contributed by atoms with Gasteiger partial charge >= 0.3 is 0 Å². The number of likely N-dealkylation sites (N-methyl/N-ethyl adjacent to an activating group) is 1. The van der Waals surface area contributed by atoms with Crippen LogP contribution in [0.1, 0.15) is 5.69 Å². The van der Waals surface area contributed by atoms with Crippen LogP contribution in [0.3, 0.4) is 0 Å². The van der Waals surface area contributed by atoms with E-state index in [1.807, 2.05) is 19.3 Å². The Morgan fingerprint density at radius 1 is 1.47 bits per heavy atom. The minimum atomic E-state index is -0.00390. The summed E-state index contributed by atoms with van der Waals surface area (Å²) in [5, 5.41) is 10.3. The molecule has 0 radical (unpaired) electrons. The number of aromatic nitrogens is 2. The summed E-state index contributed by atoms with van der Waals surface area (Å²) in [5.74, 6) is 0.576. The molecular weight excluding hydrogens is 359 g/mol. The maximum absolute atomic E-state index is 11.4. The summed E-state index contributed by atoms with van der Waals surface area (Å²) < 4.78 is 1.74. The number of aliphatic imine (C=N–C) groups is 1. The molecule has 0 aliphatic heterocycles. The molecule has 0 aliphatic rings. The Labute approximate surface area is 130 Å². The molecule has 1 heterocycles. The number of carbonyl (C=O) groups excluding carboxylic acids is 1. The van der Waals surface area contributed by atoms with E-state index in [0.29, 0.717) is 12.5 Å². The van der Waals surface area contributed by atoms with Crippen LogP contribution < -0.4 is 10.6 Å². The van der Waals surface area contributed by atoms with Gasteiger partial charge in [0.15, 0.2) is 5.96 Å². The van der Waals surface area contributed by atoms with E-state index in [4.69, 9.17) is 0 Å². The summed E-state index contributed by atoms with van der Waals surface area (Å²) in [6.45, 7) is 0.783. The Kier molecular flexibility index (Phi) is 8.12. The fourth-order valence-electron chi connectivity index (χ4n) is 1.27. The molecule has 19 heavy (non-hydrogen) atoms. The van der Waals surface area contributed by atoms with Gasteiger partial charge in [0.25, 0.3) is 0 Å². The number of nitrogens with one attached hydrogen (secondary N) is 2. The zero-order valence-electron chi connectivity index (χ0n) is 11.7. The summed E-state index contributed by atoms with van der Waals surface area (Å²) >= 11 is 0. The largest absolute Gasteiger partial charge is 0.351 e. The zero-order valence-corrected chi connectivity index (χ0v) is 14.0. The van der Waals surface area contributed by atoms with Crippen LogP contribution in [0.5, 0.6) is 0 Å². The second kappa shape index (κ2) is 8.73. The van der Waals surface area contributed by atoms with Crippen molar-refractivity contribution in [2.75, 3.05) is 27.7 Å². The van der Waals surface area contributed by atoms with Gasteiger partial charge in [-0.1, -0.05) is 0 Å². The first-order chi connectivity index (χ1) is 8.52. The zero-order chi connectivity index (χ0) is 13.5. The van der Waals surface area contributed by atoms with E-state index < -0.39 is 0 Å². The average Bonchev–Trinajstić information content (AvgIpc) is 2.74. The third-order valence-corrected chi connectivity index (χ3v) is 2.34. The van der Waals surface area contributed by atoms with E-state index in [2.05, 4.69) is 20.7 Å². The van der Waals surface area contributed by atoms with Gasteiger partial charge < -0.3 is 15.5 Å². The second-order valence-electron chi connectivity index (χ2n) is 4.05. The lowest BCUT2D eigenvalue weighted by Crippen LogP contribution is -2.42. The first-order valence-corrected chi connectivity index (χ1v) is 5.66. The van der Waals surface area contributed by atoms with Gasteiger partial charge in [-0.25, -0.2) is 0 Å². The number of hydrogen-bond acceptors (Lipinski definition) is 3. The molecule has 1 rings (SSSR count).